The molecule has 0 aromatic carbocycles. The zero-order valence-electron chi connectivity index (χ0n) is 10.7. The predicted octanol–water partition coefficient (Wildman–Crippen LogP) is 2.87. The van der Waals surface area contributed by atoms with Crippen LogP contribution in [-0.4, -0.2) is 25.1 Å². The second-order valence-electron chi connectivity index (χ2n) is 4.53. The SMILES string of the molecule is O=C(OC1CCS(=O)(=O)c2sccc21)c1ccc(Cl)nc1. The molecule has 3 heterocycles. The first-order valence-corrected chi connectivity index (χ1v) is 9.01. The van der Waals surface area contributed by atoms with Crippen molar-refractivity contribution in [2.45, 2.75) is 16.7 Å². The first-order valence-electron chi connectivity index (χ1n) is 6.10. The van der Waals surface area contributed by atoms with Crippen molar-refractivity contribution < 1.29 is 17.9 Å². The number of rotatable bonds is 2. The molecule has 0 saturated carbocycles. The molecule has 0 bridgehead atoms. The second-order valence-corrected chi connectivity index (χ2v) is 8.14. The van der Waals surface area contributed by atoms with E-state index in [1.54, 1.807) is 11.4 Å². The maximum Gasteiger partial charge on any atom is 0.340 e. The highest BCUT2D eigenvalue weighted by molar-refractivity contribution is 7.93. The Morgan fingerprint density at radius 3 is 2.90 bits per heavy atom. The van der Waals surface area contributed by atoms with Gasteiger partial charge in [-0.15, -0.1) is 11.3 Å². The van der Waals surface area contributed by atoms with Crippen LogP contribution in [0, 0.1) is 0 Å². The summed E-state index contributed by atoms with van der Waals surface area (Å²) in [6, 6.07) is 4.71. The Kier molecular flexibility index (Phi) is 3.73. The van der Waals surface area contributed by atoms with E-state index in [1.807, 2.05) is 0 Å². The number of hydrogen-bond donors (Lipinski definition) is 0. The molecule has 0 saturated heterocycles. The molecule has 21 heavy (non-hydrogen) atoms. The number of sulfone groups is 1. The average Bonchev–Trinajstić information content (AvgIpc) is 2.94. The van der Waals surface area contributed by atoms with E-state index in [2.05, 4.69) is 4.98 Å². The number of fused-ring (bicyclic) bond motifs is 1. The van der Waals surface area contributed by atoms with Gasteiger partial charge in [0.25, 0.3) is 0 Å². The fourth-order valence-electron chi connectivity index (χ4n) is 2.12. The zero-order chi connectivity index (χ0) is 15.0. The quantitative estimate of drug-likeness (QED) is 0.619. The lowest BCUT2D eigenvalue weighted by atomic mass is 10.1. The second kappa shape index (κ2) is 5.40. The molecule has 0 fully saturated rings. The zero-order valence-corrected chi connectivity index (χ0v) is 13.0. The van der Waals surface area contributed by atoms with Gasteiger partial charge in [0.15, 0.2) is 9.84 Å². The number of esters is 1. The molecule has 1 atom stereocenters. The minimum Gasteiger partial charge on any atom is -0.454 e. The van der Waals surface area contributed by atoms with Crippen LogP contribution in [-0.2, 0) is 14.6 Å². The van der Waals surface area contributed by atoms with Gasteiger partial charge in [-0.05, 0) is 23.6 Å². The maximum atomic E-state index is 12.1. The summed E-state index contributed by atoms with van der Waals surface area (Å²) in [6.07, 6.45) is 1.05. The van der Waals surface area contributed by atoms with Gasteiger partial charge in [-0.25, -0.2) is 18.2 Å². The smallest absolute Gasteiger partial charge is 0.340 e. The molecule has 1 unspecified atom stereocenters. The third-order valence-corrected chi connectivity index (χ3v) is 6.72. The van der Waals surface area contributed by atoms with Crippen LogP contribution in [0.1, 0.15) is 28.4 Å². The molecule has 2 aromatic rings. The molecule has 3 rings (SSSR count). The van der Waals surface area contributed by atoms with E-state index >= 15 is 0 Å². The summed E-state index contributed by atoms with van der Waals surface area (Å²) in [7, 11) is -3.24. The Bertz CT molecular complexity index is 783. The number of thiophene rings is 1. The molecular weight excluding hydrogens is 334 g/mol. The van der Waals surface area contributed by atoms with Crippen molar-refractivity contribution >= 4 is 38.7 Å². The summed E-state index contributed by atoms with van der Waals surface area (Å²) in [5.74, 6) is -0.558. The van der Waals surface area contributed by atoms with Crippen molar-refractivity contribution in [2.24, 2.45) is 0 Å². The highest BCUT2D eigenvalue weighted by Gasteiger charge is 2.33. The predicted molar refractivity (Wildman–Crippen MR) is 78.4 cm³/mol. The lowest BCUT2D eigenvalue weighted by Gasteiger charge is -2.22. The fraction of sp³-hybridized carbons (Fsp3) is 0.231. The molecule has 8 heteroatoms. The first kappa shape index (κ1) is 14.5. The Labute approximate surface area is 130 Å². The Hall–Kier alpha value is -1.44. The van der Waals surface area contributed by atoms with Crippen molar-refractivity contribution in [3.8, 4) is 0 Å². The molecule has 0 amide bonds. The van der Waals surface area contributed by atoms with Crippen LogP contribution in [0.25, 0.3) is 0 Å². The van der Waals surface area contributed by atoms with Crippen molar-refractivity contribution in [3.05, 3.63) is 46.1 Å². The summed E-state index contributed by atoms with van der Waals surface area (Å²) in [5.41, 5.74) is 0.839. The largest absolute Gasteiger partial charge is 0.454 e. The monoisotopic (exact) mass is 343 g/mol. The molecule has 0 N–H and O–H groups in total. The van der Waals surface area contributed by atoms with Crippen LogP contribution in [0.4, 0.5) is 0 Å². The van der Waals surface area contributed by atoms with Crippen LogP contribution in [0.15, 0.2) is 34.0 Å². The Balaban J connectivity index is 1.84. The van der Waals surface area contributed by atoms with Crippen LogP contribution >= 0.6 is 22.9 Å². The number of nitrogens with zero attached hydrogens (tertiary/aromatic N) is 1. The molecule has 0 spiro atoms. The summed E-state index contributed by atoms with van der Waals surface area (Å²) in [5, 5.41) is 1.98. The van der Waals surface area contributed by atoms with Gasteiger partial charge in [-0.2, -0.15) is 0 Å². The van der Waals surface area contributed by atoms with Crippen molar-refractivity contribution in [2.75, 3.05) is 5.75 Å². The summed E-state index contributed by atoms with van der Waals surface area (Å²) in [6.45, 7) is 0. The van der Waals surface area contributed by atoms with E-state index in [1.165, 1.54) is 18.3 Å². The number of carbonyl (C=O) groups excluding carboxylic acids is 1. The van der Waals surface area contributed by atoms with Crippen LogP contribution in [0.5, 0.6) is 0 Å². The van der Waals surface area contributed by atoms with Crippen LogP contribution in [0.2, 0.25) is 5.15 Å². The van der Waals surface area contributed by atoms with Gasteiger partial charge in [-0.1, -0.05) is 11.6 Å². The third kappa shape index (κ3) is 2.81. The number of carbonyl (C=O) groups is 1. The van der Waals surface area contributed by atoms with E-state index in [0.29, 0.717) is 9.77 Å². The number of aromatic nitrogens is 1. The number of hydrogen-bond acceptors (Lipinski definition) is 6. The average molecular weight is 344 g/mol. The molecule has 2 aromatic heterocycles. The van der Waals surface area contributed by atoms with E-state index in [4.69, 9.17) is 16.3 Å². The topological polar surface area (TPSA) is 73.3 Å². The lowest BCUT2D eigenvalue weighted by molar-refractivity contribution is 0.0279. The lowest BCUT2D eigenvalue weighted by Crippen LogP contribution is -2.22. The highest BCUT2D eigenvalue weighted by Crippen LogP contribution is 2.38. The van der Waals surface area contributed by atoms with Crippen molar-refractivity contribution in [3.63, 3.8) is 0 Å². The highest BCUT2D eigenvalue weighted by atomic mass is 35.5. The van der Waals surface area contributed by atoms with E-state index in [-0.39, 0.29) is 22.9 Å². The van der Waals surface area contributed by atoms with Gasteiger partial charge in [0, 0.05) is 18.2 Å². The van der Waals surface area contributed by atoms with E-state index < -0.39 is 21.9 Å². The molecule has 110 valence electrons. The summed E-state index contributed by atoms with van der Waals surface area (Å²) < 4.78 is 29.5. The third-order valence-electron chi connectivity index (χ3n) is 3.15. The first-order chi connectivity index (χ1) is 9.97. The van der Waals surface area contributed by atoms with Gasteiger partial charge in [0.05, 0.1) is 11.3 Å². The number of halogens is 1. The molecule has 1 aliphatic heterocycles. The van der Waals surface area contributed by atoms with Gasteiger partial charge < -0.3 is 4.74 Å². The van der Waals surface area contributed by atoms with Gasteiger partial charge in [-0.3, -0.25) is 0 Å². The van der Waals surface area contributed by atoms with Crippen molar-refractivity contribution in [1.82, 2.24) is 4.98 Å². The van der Waals surface area contributed by atoms with E-state index in [9.17, 15) is 13.2 Å². The maximum absolute atomic E-state index is 12.1. The number of pyridine rings is 1. The van der Waals surface area contributed by atoms with E-state index in [0.717, 1.165) is 11.3 Å². The minimum absolute atomic E-state index is 0.0165. The minimum atomic E-state index is -3.24. The molecular formula is C13H10ClNO4S2. The fourth-order valence-corrected chi connectivity index (χ4v) is 5.18. The molecule has 5 nitrogen and oxygen atoms in total. The number of ether oxygens (including phenoxy) is 1. The van der Waals surface area contributed by atoms with Crippen LogP contribution < -0.4 is 0 Å². The van der Waals surface area contributed by atoms with Crippen LogP contribution in [0.3, 0.4) is 0 Å². The molecule has 0 radical (unpaired) electrons. The van der Waals surface area contributed by atoms with Gasteiger partial charge >= 0.3 is 5.97 Å². The molecule has 0 aliphatic carbocycles. The molecule has 1 aliphatic rings. The van der Waals surface area contributed by atoms with Gasteiger partial charge in [0.2, 0.25) is 0 Å². The Morgan fingerprint density at radius 1 is 1.38 bits per heavy atom. The summed E-state index contributed by atoms with van der Waals surface area (Å²) in [4.78, 5) is 15.9. The standard InChI is InChI=1S/C13H10ClNO4S2/c14-11-2-1-8(7-15-11)12(16)19-10-4-6-21(17,18)13-9(10)3-5-20-13/h1-3,5,7,10H,4,6H2. The van der Waals surface area contributed by atoms with Gasteiger partial charge in [0.1, 0.15) is 15.5 Å². The Morgan fingerprint density at radius 2 is 2.19 bits per heavy atom. The summed E-state index contributed by atoms with van der Waals surface area (Å²) >= 11 is 6.82. The normalized spacial score (nSPS) is 19.8. The van der Waals surface area contributed by atoms with Crippen molar-refractivity contribution in [1.29, 1.82) is 0 Å².